The largest absolute Gasteiger partial charge is 0.337 e. The van der Waals surface area contributed by atoms with Crippen molar-refractivity contribution in [3.05, 3.63) is 65.2 Å². The van der Waals surface area contributed by atoms with Crippen LogP contribution in [0.5, 0.6) is 0 Å². The van der Waals surface area contributed by atoms with E-state index < -0.39 is 0 Å². The van der Waals surface area contributed by atoms with E-state index in [4.69, 9.17) is 0 Å². The van der Waals surface area contributed by atoms with Gasteiger partial charge in [0.25, 0.3) is 0 Å². The van der Waals surface area contributed by atoms with Crippen LogP contribution in [0.3, 0.4) is 0 Å². The second-order valence-electron chi connectivity index (χ2n) is 5.20. The Balaban J connectivity index is 1.64. The smallest absolute Gasteiger partial charge is 0.315 e. The molecule has 0 bridgehead atoms. The molecule has 2 N–H and O–H groups in total. The zero-order chi connectivity index (χ0) is 15.8. The van der Waals surface area contributed by atoms with Crippen molar-refractivity contribution >= 4 is 17.8 Å². The average molecular weight is 314 g/mol. The number of rotatable bonds is 6. The van der Waals surface area contributed by atoms with Gasteiger partial charge in [0.1, 0.15) is 0 Å². The summed E-state index contributed by atoms with van der Waals surface area (Å²) < 4.78 is 0. The fourth-order valence-electron chi connectivity index (χ4n) is 2.01. The van der Waals surface area contributed by atoms with Crippen LogP contribution in [0, 0.1) is 13.8 Å². The predicted octanol–water partition coefficient (Wildman–Crippen LogP) is 3.89. The van der Waals surface area contributed by atoms with Gasteiger partial charge in [0.15, 0.2) is 0 Å². The topological polar surface area (TPSA) is 41.1 Å². The van der Waals surface area contributed by atoms with Gasteiger partial charge in [-0.05, 0) is 37.1 Å². The van der Waals surface area contributed by atoms with Crippen LogP contribution in [0.1, 0.15) is 16.7 Å². The Morgan fingerprint density at radius 3 is 2.45 bits per heavy atom. The Kier molecular flexibility index (Phi) is 6.34. The molecule has 0 unspecified atom stereocenters. The van der Waals surface area contributed by atoms with Gasteiger partial charge in [0.05, 0.1) is 0 Å². The minimum atomic E-state index is -0.118. The van der Waals surface area contributed by atoms with E-state index in [1.165, 1.54) is 16.0 Å². The van der Waals surface area contributed by atoms with Crippen LogP contribution < -0.4 is 10.6 Å². The van der Waals surface area contributed by atoms with Crippen molar-refractivity contribution in [2.24, 2.45) is 0 Å². The van der Waals surface area contributed by atoms with Crippen molar-refractivity contribution in [1.29, 1.82) is 0 Å². The van der Waals surface area contributed by atoms with Gasteiger partial charge in [0.2, 0.25) is 0 Å². The third-order valence-electron chi connectivity index (χ3n) is 3.38. The van der Waals surface area contributed by atoms with Gasteiger partial charge in [-0.1, -0.05) is 42.0 Å². The minimum Gasteiger partial charge on any atom is -0.337 e. The number of urea groups is 1. The van der Waals surface area contributed by atoms with E-state index in [9.17, 15) is 4.79 Å². The standard InChI is InChI=1S/C18H22N2OS/c1-14-7-9-17(10-8-14)22-12-11-19-18(21)20-13-16-6-4-3-5-15(16)2/h3-10H,11-13H2,1-2H3,(H2,19,20,21). The summed E-state index contributed by atoms with van der Waals surface area (Å²) in [7, 11) is 0. The normalized spacial score (nSPS) is 10.3. The highest BCUT2D eigenvalue weighted by atomic mass is 32.2. The second kappa shape index (κ2) is 8.49. The molecular formula is C18H22N2OS. The van der Waals surface area contributed by atoms with E-state index in [-0.39, 0.29) is 6.03 Å². The summed E-state index contributed by atoms with van der Waals surface area (Å²) in [6, 6.07) is 16.4. The summed E-state index contributed by atoms with van der Waals surface area (Å²) in [5.41, 5.74) is 3.60. The molecule has 4 heteroatoms. The van der Waals surface area contributed by atoms with E-state index in [2.05, 4.69) is 41.8 Å². The van der Waals surface area contributed by atoms with Gasteiger partial charge in [0, 0.05) is 23.7 Å². The molecule has 0 atom stereocenters. The van der Waals surface area contributed by atoms with Crippen molar-refractivity contribution in [3.63, 3.8) is 0 Å². The Morgan fingerprint density at radius 1 is 1.00 bits per heavy atom. The third-order valence-corrected chi connectivity index (χ3v) is 4.39. The maximum Gasteiger partial charge on any atom is 0.315 e. The van der Waals surface area contributed by atoms with Gasteiger partial charge >= 0.3 is 6.03 Å². The number of nitrogens with one attached hydrogen (secondary N) is 2. The molecule has 0 aliphatic carbocycles. The molecule has 2 aromatic carbocycles. The first-order chi connectivity index (χ1) is 10.6. The summed E-state index contributed by atoms with van der Waals surface area (Å²) in [4.78, 5) is 13.0. The van der Waals surface area contributed by atoms with E-state index >= 15 is 0 Å². The second-order valence-corrected chi connectivity index (χ2v) is 6.37. The SMILES string of the molecule is Cc1ccc(SCCNC(=O)NCc2ccccc2C)cc1. The molecule has 0 aliphatic rings. The van der Waals surface area contributed by atoms with Crippen molar-refractivity contribution in [2.45, 2.75) is 25.3 Å². The monoisotopic (exact) mass is 314 g/mol. The third kappa shape index (κ3) is 5.45. The van der Waals surface area contributed by atoms with E-state index in [1.54, 1.807) is 11.8 Å². The maximum absolute atomic E-state index is 11.8. The van der Waals surface area contributed by atoms with Gasteiger partial charge < -0.3 is 10.6 Å². The first kappa shape index (κ1) is 16.4. The van der Waals surface area contributed by atoms with Crippen LogP contribution in [0.2, 0.25) is 0 Å². The summed E-state index contributed by atoms with van der Waals surface area (Å²) >= 11 is 1.75. The summed E-state index contributed by atoms with van der Waals surface area (Å²) in [5, 5.41) is 5.77. The van der Waals surface area contributed by atoms with Crippen molar-refractivity contribution < 1.29 is 4.79 Å². The summed E-state index contributed by atoms with van der Waals surface area (Å²) in [6.45, 7) is 5.34. The molecule has 22 heavy (non-hydrogen) atoms. The molecule has 116 valence electrons. The highest BCUT2D eigenvalue weighted by Crippen LogP contribution is 2.17. The fourth-order valence-corrected chi connectivity index (χ4v) is 2.78. The number of amides is 2. The Morgan fingerprint density at radius 2 is 1.73 bits per heavy atom. The fraction of sp³-hybridized carbons (Fsp3) is 0.278. The van der Waals surface area contributed by atoms with Crippen LogP contribution in [-0.4, -0.2) is 18.3 Å². The Labute approximate surface area is 136 Å². The van der Waals surface area contributed by atoms with Crippen molar-refractivity contribution in [2.75, 3.05) is 12.3 Å². The lowest BCUT2D eigenvalue weighted by atomic mass is 10.1. The van der Waals surface area contributed by atoms with Gasteiger partial charge in [-0.25, -0.2) is 4.79 Å². The number of benzene rings is 2. The van der Waals surface area contributed by atoms with Crippen LogP contribution in [0.25, 0.3) is 0 Å². The Hall–Kier alpha value is -1.94. The molecule has 0 aliphatic heterocycles. The number of thioether (sulfide) groups is 1. The van der Waals surface area contributed by atoms with Gasteiger partial charge in [-0.15, -0.1) is 11.8 Å². The molecule has 0 radical (unpaired) electrons. The first-order valence-corrected chi connectivity index (χ1v) is 8.39. The molecule has 0 saturated heterocycles. The lowest BCUT2D eigenvalue weighted by Crippen LogP contribution is -2.36. The molecule has 0 aromatic heterocycles. The molecular weight excluding hydrogens is 292 g/mol. The molecule has 2 aromatic rings. The molecule has 3 nitrogen and oxygen atoms in total. The predicted molar refractivity (Wildman–Crippen MR) is 93.3 cm³/mol. The van der Waals surface area contributed by atoms with Crippen LogP contribution in [0.4, 0.5) is 4.79 Å². The van der Waals surface area contributed by atoms with E-state index in [0.29, 0.717) is 13.1 Å². The zero-order valence-corrected chi connectivity index (χ0v) is 13.9. The molecule has 0 heterocycles. The minimum absolute atomic E-state index is 0.118. The van der Waals surface area contributed by atoms with E-state index in [0.717, 1.165) is 11.3 Å². The molecule has 0 fully saturated rings. The van der Waals surface area contributed by atoms with Crippen molar-refractivity contribution in [1.82, 2.24) is 10.6 Å². The lowest BCUT2D eigenvalue weighted by Gasteiger charge is -2.09. The highest BCUT2D eigenvalue weighted by Gasteiger charge is 2.02. The molecule has 2 amide bonds. The van der Waals surface area contributed by atoms with Gasteiger partial charge in [-0.3, -0.25) is 0 Å². The van der Waals surface area contributed by atoms with Crippen LogP contribution >= 0.6 is 11.8 Å². The average Bonchev–Trinajstić information content (AvgIpc) is 2.52. The Bertz CT molecular complexity index is 611. The van der Waals surface area contributed by atoms with Crippen LogP contribution in [-0.2, 0) is 6.54 Å². The quantitative estimate of drug-likeness (QED) is 0.627. The maximum atomic E-state index is 11.8. The first-order valence-electron chi connectivity index (χ1n) is 7.41. The number of carbonyl (C=O) groups is 1. The highest BCUT2D eigenvalue weighted by molar-refractivity contribution is 7.99. The van der Waals surface area contributed by atoms with Gasteiger partial charge in [-0.2, -0.15) is 0 Å². The number of hydrogen-bond acceptors (Lipinski definition) is 2. The molecule has 2 rings (SSSR count). The van der Waals surface area contributed by atoms with Crippen LogP contribution in [0.15, 0.2) is 53.4 Å². The zero-order valence-electron chi connectivity index (χ0n) is 13.1. The molecule has 0 spiro atoms. The number of aryl methyl sites for hydroxylation is 2. The number of hydrogen-bond donors (Lipinski definition) is 2. The lowest BCUT2D eigenvalue weighted by molar-refractivity contribution is 0.241. The molecule has 0 saturated carbocycles. The summed E-state index contributed by atoms with van der Waals surface area (Å²) in [6.07, 6.45) is 0. The van der Waals surface area contributed by atoms with Crippen molar-refractivity contribution in [3.8, 4) is 0 Å². The van der Waals surface area contributed by atoms with E-state index in [1.807, 2.05) is 31.2 Å². The number of carbonyl (C=O) groups excluding carboxylic acids is 1. The summed E-state index contributed by atoms with van der Waals surface area (Å²) in [5.74, 6) is 0.862.